The number of aromatic nitrogens is 1. The van der Waals surface area contributed by atoms with Crippen LogP contribution in [0.2, 0.25) is 0 Å². The van der Waals surface area contributed by atoms with Gasteiger partial charge in [0.2, 0.25) is 0 Å². The molecule has 1 aromatic heterocycles. The number of allylic oxidation sites excluding steroid dienone is 1. The maximum Gasteiger partial charge on any atom is 0.362 e. The summed E-state index contributed by atoms with van der Waals surface area (Å²) in [7, 11) is 5.45. The van der Waals surface area contributed by atoms with Crippen molar-refractivity contribution in [2.24, 2.45) is 0 Å². The largest absolute Gasteiger partial charge is 0.493 e. The monoisotopic (exact) mass is 408 g/mol. The number of carbonyl (C=O) groups is 1. The van der Waals surface area contributed by atoms with Gasteiger partial charge in [-0.25, -0.2) is 9.78 Å². The summed E-state index contributed by atoms with van der Waals surface area (Å²) in [5.41, 5.74) is 2.38. The van der Waals surface area contributed by atoms with Crippen LogP contribution in [-0.2, 0) is 10.2 Å². The molecule has 0 saturated carbocycles. The third kappa shape index (κ3) is 3.45. The van der Waals surface area contributed by atoms with E-state index >= 15 is 0 Å². The van der Waals surface area contributed by atoms with Crippen molar-refractivity contribution in [2.45, 2.75) is 37.6 Å². The number of ether oxygens (including phenoxy) is 3. The number of benzene rings is 1. The van der Waals surface area contributed by atoms with Gasteiger partial charge >= 0.3 is 5.97 Å². The van der Waals surface area contributed by atoms with Gasteiger partial charge in [0.05, 0.1) is 14.2 Å². The highest BCUT2D eigenvalue weighted by Gasteiger charge is 2.49. The molecule has 2 aliphatic rings. The van der Waals surface area contributed by atoms with E-state index < -0.39 is 5.97 Å². The first-order chi connectivity index (χ1) is 14.5. The molecule has 1 unspecified atom stereocenters. The molecule has 6 heteroatoms. The topological polar surface area (TPSA) is 60.9 Å². The second-order valence-electron chi connectivity index (χ2n) is 8.11. The molecule has 30 heavy (non-hydrogen) atoms. The average Bonchev–Trinajstić information content (AvgIpc) is 3.10. The molecule has 0 N–H and O–H groups in total. The molecule has 1 aromatic carbocycles. The number of rotatable bonds is 5. The predicted octanol–water partition coefficient (Wildman–Crippen LogP) is 3.88. The lowest BCUT2D eigenvalue weighted by Gasteiger charge is -2.40. The van der Waals surface area contributed by atoms with E-state index in [1.807, 2.05) is 25.1 Å². The number of pyridine rings is 1. The zero-order valence-electron chi connectivity index (χ0n) is 18.0. The molecule has 0 radical (unpaired) electrons. The van der Waals surface area contributed by atoms with E-state index in [2.05, 4.69) is 35.1 Å². The van der Waals surface area contributed by atoms with Crippen LogP contribution in [0.1, 0.15) is 40.9 Å². The lowest BCUT2D eigenvalue weighted by molar-refractivity contribution is 0.0572. The van der Waals surface area contributed by atoms with E-state index in [-0.39, 0.29) is 11.5 Å². The number of likely N-dealkylation sites (N-methyl/N-ethyl adjacent to an activating group) is 1. The summed E-state index contributed by atoms with van der Waals surface area (Å²) in [4.78, 5) is 19.2. The van der Waals surface area contributed by atoms with E-state index in [1.54, 1.807) is 20.4 Å². The molecule has 1 fully saturated rings. The first-order valence-electron chi connectivity index (χ1n) is 10.2. The van der Waals surface area contributed by atoms with Gasteiger partial charge in [-0.1, -0.05) is 12.1 Å². The fourth-order valence-corrected chi connectivity index (χ4v) is 4.83. The fourth-order valence-electron chi connectivity index (χ4n) is 4.83. The van der Waals surface area contributed by atoms with E-state index in [0.717, 1.165) is 42.2 Å². The van der Waals surface area contributed by atoms with Gasteiger partial charge in [0.1, 0.15) is 5.76 Å². The molecule has 6 nitrogen and oxygen atoms in total. The van der Waals surface area contributed by atoms with Crippen LogP contribution in [0.5, 0.6) is 11.5 Å². The minimum absolute atomic E-state index is 0.0366. The molecular formula is C24H28N2O4. The normalized spacial score (nSPS) is 23.5. The van der Waals surface area contributed by atoms with Crippen molar-refractivity contribution < 1.29 is 19.0 Å². The quantitative estimate of drug-likeness (QED) is 0.700. The van der Waals surface area contributed by atoms with E-state index in [1.165, 1.54) is 5.56 Å². The lowest BCUT2D eigenvalue weighted by atomic mass is 9.68. The van der Waals surface area contributed by atoms with Crippen LogP contribution in [0.25, 0.3) is 0 Å². The number of hydrogen-bond acceptors (Lipinski definition) is 6. The number of hydrogen-bond donors (Lipinski definition) is 0. The highest BCUT2D eigenvalue weighted by Crippen LogP contribution is 2.49. The minimum Gasteiger partial charge on any atom is -0.493 e. The van der Waals surface area contributed by atoms with Crippen molar-refractivity contribution in [3.05, 3.63) is 65.2 Å². The van der Waals surface area contributed by atoms with Crippen molar-refractivity contribution in [1.82, 2.24) is 9.88 Å². The SMILES string of the molecule is COc1ccc([C@@]23CC=C(OC(=O)c4ncccc4C)CC2N(C)CC3)cc1OC. The standard InChI is InChI=1S/C24H28N2O4/c1-16-6-5-12-25-22(16)23(27)30-18-9-10-24(11-13-26(2)21(24)15-18)17-7-8-19(28-3)20(14-17)29-4/h5-9,12,14,21H,10-11,13,15H2,1-4H3/t21?,24-/m0/s1. The molecule has 1 aliphatic carbocycles. The smallest absolute Gasteiger partial charge is 0.362 e. The summed E-state index contributed by atoms with van der Waals surface area (Å²) in [5, 5.41) is 0. The molecule has 4 rings (SSSR count). The zero-order valence-corrected chi connectivity index (χ0v) is 18.0. The van der Waals surface area contributed by atoms with Crippen molar-refractivity contribution in [2.75, 3.05) is 27.8 Å². The van der Waals surface area contributed by atoms with Gasteiger partial charge < -0.3 is 19.1 Å². The number of carbonyl (C=O) groups excluding carboxylic acids is 1. The predicted molar refractivity (Wildman–Crippen MR) is 114 cm³/mol. The molecule has 0 amide bonds. The van der Waals surface area contributed by atoms with Crippen LogP contribution in [0.4, 0.5) is 0 Å². The molecule has 2 aromatic rings. The lowest BCUT2D eigenvalue weighted by Crippen LogP contribution is -2.43. The van der Waals surface area contributed by atoms with Crippen LogP contribution >= 0.6 is 0 Å². The Balaban J connectivity index is 1.62. The van der Waals surface area contributed by atoms with Gasteiger partial charge in [-0.05, 0) is 68.8 Å². The highest BCUT2D eigenvalue weighted by atomic mass is 16.5. The van der Waals surface area contributed by atoms with Gasteiger partial charge in [-0.2, -0.15) is 0 Å². The Morgan fingerprint density at radius 1 is 1.20 bits per heavy atom. The van der Waals surface area contributed by atoms with Gasteiger partial charge in [-0.15, -0.1) is 0 Å². The van der Waals surface area contributed by atoms with Crippen molar-refractivity contribution >= 4 is 5.97 Å². The molecule has 1 aliphatic heterocycles. The van der Waals surface area contributed by atoms with E-state index in [9.17, 15) is 4.79 Å². The Kier molecular flexibility index (Phi) is 5.52. The van der Waals surface area contributed by atoms with Gasteiger partial charge in [0.15, 0.2) is 17.2 Å². The molecule has 2 atom stereocenters. The van der Waals surface area contributed by atoms with Crippen LogP contribution in [0, 0.1) is 6.92 Å². The fraction of sp³-hybridized carbons (Fsp3) is 0.417. The molecule has 2 heterocycles. The number of methoxy groups -OCH3 is 2. The molecule has 1 saturated heterocycles. The third-order valence-electron chi connectivity index (χ3n) is 6.55. The molecule has 158 valence electrons. The number of aryl methyl sites for hydroxylation is 1. The maximum absolute atomic E-state index is 12.6. The van der Waals surface area contributed by atoms with Crippen molar-refractivity contribution in [1.29, 1.82) is 0 Å². The van der Waals surface area contributed by atoms with E-state index in [0.29, 0.717) is 12.1 Å². The number of fused-ring (bicyclic) bond motifs is 1. The second-order valence-corrected chi connectivity index (χ2v) is 8.11. The van der Waals surface area contributed by atoms with Crippen LogP contribution in [0.15, 0.2) is 48.4 Å². The van der Waals surface area contributed by atoms with Gasteiger partial charge in [0.25, 0.3) is 0 Å². The summed E-state index contributed by atoms with van der Waals surface area (Å²) in [6.07, 6.45) is 6.22. The Labute approximate surface area is 177 Å². The Hall–Kier alpha value is -2.86. The Morgan fingerprint density at radius 3 is 2.73 bits per heavy atom. The Morgan fingerprint density at radius 2 is 2.00 bits per heavy atom. The first kappa shape index (κ1) is 20.4. The van der Waals surface area contributed by atoms with Crippen LogP contribution in [0.3, 0.4) is 0 Å². The zero-order chi connectivity index (χ0) is 21.3. The summed E-state index contributed by atoms with van der Waals surface area (Å²) in [5.74, 6) is 1.80. The number of likely N-dealkylation sites (tertiary alicyclic amines) is 1. The molecular weight excluding hydrogens is 380 g/mol. The first-order valence-corrected chi connectivity index (χ1v) is 10.2. The maximum atomic E-state index is 12.6. The third-order valence-corrected chi connectivity index (χ3v) is 6.55. The molecule has 0 spiro atoms. The summed E-state index contributed by atoms with van der Waals surface area (Å²) >= 11 is 0. The van der Waals surface area contributed by atoms with Crippen LogP contribution in [-0.4, -0.2) is 49.7 Å². The summed E-state index contributed by atoms with van der Waals surface area (Å²) < 4.78 is 16.7. The summed E-state index contributed by atoms with van der Waals surface area (Å²) in [6.45, 7) is 2.86. The van der Waals surface area contributed by atoms with Gasteiger partial charge in [-0.3, -0.25) is 0 Å². The second kappa shape index (κ2) is 8.11. The van der Waals surface area contributed by atoms with E-state index in [4.69, 9.17) is 14.2 Å². The van der Waals surface area contributed by atoms with Crippen molar-refractivity contribution in [3.8, 4) is 11.5 Å². The molecule has 0 bridgehead atoms. The minimum atomic E-state index is -0.390. The van der Waals surface area contributed by atoms with Gasteiger partial charge in [0, 0.05) is 24.1 Å². The van der Waals surface area contributed by atoms with Crippen molar-refractivity contribution in [3.63, 3.8) is 0 Å². The average molecular weight is 408 g/mol. The highest BCUT2D eigenvalue weighted by molar-refractivity contribution is 5.89. The van der Waals surface area contributed by atoms with Crippen LogP contribution < -0.4 is 9.47 Å². The number of esters is 1. The Bertz CT molecular complexity index is 987. The summed E-state index contributed by atoms with van der Waals surface area (Å²) in [6, 6.07) is 10.1. The number of nitrogens with zero attached hydrogens (tertiary/aromatic N) is 2.